The predicted molar refractivity (Wildman–Crippen MR) is 71.3 cm³/mol. The van der Waals surface area contributed by atoms with Gasteiger partial charge in [-0.3, -0.25) is 9.78 Å². The Kier molecular flexibility index (Phi) is 3.57. The quantitative estimate of drug-likeness (QED) is 0.838. The molecule has 3 N–H and O–H groups in total. The largest absolute Gasteiger partial charge is 0.383 e. The number of carbonyl (C=O) groups excluding carboxylic acids is 1. The highest BCUT2D eigenvalue weighted by molar-refractivity contribution is 8.00. The lowest BCUT2D eigenvalue weighted by atomic mass is 9.84. The number of rotatable bonds is 5. The van der Waals surface area contributed by atoms with Crippen molar-refractivity contribution in [3.63, 3.8) is 0 Å². The molecule has 1 amide bonds. The SMILES string of the molecule is CSC1(CNc2ccncc2C(N)=O)CCC1. The summed E-state index contributed by atoms with van der Waals surface area (Å²) in [6.07, 6.45) is 9.08. The van der Waals surface area contributed by atoms with Gasteiger partial charge in [-0.15, -0.1) is 0 Å². The molecular formula is C12H17N3OS. The van der Waals surface area contributed by atoms with E-state index in [1.807, 2.05) is 11.8 Å². The molecule has 1 fully saturated rings. The summed E-state index contributed by atoms with van der Waals surface area (Å²) < 4.78 is 0.332. The number of anilines is 1. The number of pyridine rings is 1. The average molecular weight is 251 g/mol. The second-order valence-electron chi connectivity index (χ2n) is 4.38. The van der Waals surface area contributed by atoms with Crippen LogP contribution in [0.25, 0.3) is 0 Å². The number of hydrogen-bond acceptors (Lipinski definition) is 4. The molecule has 92 valence electrons. The molecule has 1 aliphatic carbocycles. The second-order valence-corrected chi connectivity index (χ2v) is 5.65. The second kappa shape index (κ2) is 4.96. The Morgan fingerprint density at radius 3 is 2.94 bits per heavy atom. The van der Waals surface area contributed by atoms with Crippen molar-refractivity contribution in [3.8, 4) is 0 Å². The third kappa shape index (κ3) is 2.54. The number of nitrogens with zero attached hydrogens (tertiary/aromatic N) is 1. The lowest BCUT2D eigenvalue weighted by Gasteiger charge is -2.40. The molecule has 0 spiro atoms. The Hall–Kier alpha value is -1.23. The van der Waals surface area contributed by atoms with Crippen molar-refractivity contribution in [2.24, 2.45) is 5.73 Å². The minimum atomic E-state index is -0.438. The van der Waals surface area contributed by atoms with Gasteiger partial charge in [0.2, 0.25) is 0 Å². The molecule has 2 rings (SSSR count). The highest BCUT2D eigenvalue weighted by atomic mass is 32.2. The summed E-state index contributed by atoms with van der Waals surface area (Å²) in [6.45, 7) is 0.873. The Morgan fingerprint density at radius 1 is 1.65 bits per heavy atom. The van der Waals surface area contributed by atoms with E-state index >= 15 is 0 Å². The summed E-state index contributed by atoms with van der Waals surface area (Å²) in [5, 5.41) is 3.33. The molecule has 1 aromatic heterocycles. The number of carbonyl (C=O) groups is 1. The first-order valence-corrected chi connectivity index (χ1v) is 6.92. The zero-order chi connectivity index (χ0) is 12.3. The minimum Gasteiger partial charge on any atom is -0.383 e. The van der Waals surface area contributed by atoms with Gasteiger partial charge in [-0.05, 0) is 25.2 Å². The highest BCUT2D eigenvalue weighted by Gasteiger charge is 2.35. The zero-order valence-electron chi connectivity index (χ0n) is 9.90. The lowest BCUT2D eigenvalue weighted by Crippen LogP contribution is -2.40. The van der Waals surface area contributed by atoms with Crippen LogP contribution in [0.15, 0.2) is 18.5 Å². The first-order valence-electron chi connectivity index (χ1n) is 5.70. The normalized spacial score (nSPS) is 17.2. The third-order valence-electron chi connectivity index (χ3n) is 3.39. The molecule has 1 saturated carbocycles. The fourth-order valence-electron chi connectivity index (χ4n) is 2.03. The van der Waals surface area contributed by atoms with Gasteiger partial charge in [0.05, 0.1) is 11.3 Å². The Morgan fingerprint density at radius 2 is 2.41 bits per heavy atom. The molecule has 1 aliphatic rings. The summed E-state index contributed by atoms with van der Waals surface area (Å²) in [4.78, 5) is 15.2. The highest BCUT2D eigenvalue weighted by Crippen LogP contribution is 2.42. The molecule has 0 aromatic carbocycles. The van der Waals surface area contributed by atoms with Gasteiger partial charge in [-0.25, -0.2) is 0 Å². The van der Waals surface area contributed by atoms with E-state index in [0.717, 1.165) is 12.2 Å². The van der Waals surface area contributed by atoms with Gasteiger partial charge in [-0.1, -0.05) is 6.42 Å². The van der Waals surface area contributed by atoms with Crippen LogP contribution in [0.5, 0.6) is 0 Å². The van der Waals surface area contributed by atoms with Crippen LogP contribution in [-0.2, 0) is 0 Å². The van der Waals surface area contributed by atoms with E-state index < -0.39 is 5.91 Å². The topological polar surface area (TPSA) is 68.0 Å². The monoisotopic (exact) mass is 251 g/mol. The van der Waals surface area contributed by atoms with Crippen LogP contribution in [-0.4, -0.2) is 28.4 Å². The van der Waals surface area contributed by atoms with Gasteiger partial charge in [-0.2, -0.15) is 11.8 Å². The van der Waals surface area contributed by atoms with Crippen LogP contribution in [0.1, 0.15) is 29.6 Å². The number of aromatic nitrogens is 1. The van der Waals surface area contributed by atoms with Gasteiger partial charge in [0.15, 0.2) is 0 Å². The van der Waals surface area contributed by atoms with E-state index in [1.165, 1.54) is 25.5 Å². The molecule has 0 atom stereocenters. The van der Waals surface area contributed by atoms with Crippen LogP contribution in [0.3, 0.4) is 0 Å². The average Bonchev–Trinajstić information content (AvgIpc) is 2.28. The maximum absolute atomic E-state index is 11.2. The molecule has 0 saturated heterocycles. The third-order valence-corrected chi connectivity index (χ3v) is 4.80. The van der Waals surface area contributed by atoms with Crippen LogP contribution in [0, 0.1) is 0 Å². The molecule has 0 aliphatic heterocycles. The lowest BCUT2D eigenvalue weighted by molar-refractivity contribution is 0.100. The van der Waals surface area contributed by atoms with Crippen molar-refractivity contribution in [1.82, 2.24) is 4.98 Å². The van der Waals surface area contributed by atoms with Crippen molar-refractivity contribution >= 4 is 23.4 Å². The Labute approximate surface area is 105 Å². The summed E-state index contributed by atoms with van der Waals surface area (Å²) in [5.41, 5.74) is 6.55. The summed E-state index contributed by atoms with van der Waals surface area (Å²) >= 11 is 1.90. The maximum Gasteiger partial charge on any atom is 0.252 e. The van der Waals surface area contributed by atoms with E-state index in [1.54, 1.807) is 12.3 Å². The molecule has 4 nitrogen and oxygen atoms in total. The van der Waals surface area contributed by atoms with Crippen molar-refractivity contribution in [3.05, 3.63) is 24.0 Å². The molecule has 1 aromatic rings. The summed E-state index contributed by atoms with van der Waals surface area (Å²) in [7, 11) is 0. The fourth-order valence-corrected chi connectivity index (χ4v) is 2.94. The van der Waals surface area contributed by atoms with Crippen molar-refractivity contribution in [2.45, 2.75) is 24.0 Å². The molecule has 0 bridgehead atoms. The van der Waals surface area contributed by atoms with E-state index in [4.69, 9.17) is 5.73 Å². The first-order chi connectivity index (χ1) is 8.17. The molecule has 0 unspecified atom stereocenters. The minimum absolute atomic E-state index is 0.332. The smallest absolute Gasteiger partial charge is 0.252 e. The number of thioether (sulfide) groups is 1. The van der Waals surface area contributed by atoms with E-state index in [0.29, 0.717) is 10.3 Å². The van der Waals surface area contributed by atoms with E-state index in [2.05, 4.69) is 16.6 Å². The summed E-state index contributed by atoms with van der Waals surface area (Å²) in [6, 6.07) is 1.80. The van der Waals surface area contributed by atoms with Crippen molar-refractivity contribution in [2.75, 3.05) is 18.1 Å². The Bertz CT molecular complexity index is 412. The molecular weight excluding hydrogens is 234 g/mol. The van der Waals surface area contributed by atoms with E-state index in [9.17, 15) is 4.79 Å². The van der Waals surface area contributed by atoms with Gasteiger partial charge in [0.25, 0.3) is 5.91 Å². The molecule has 1 heterocycles. The number of hydrogen-bond donors (Lipinski definition) is 2. The van der Waals surface area contributed by atoms with Gasteiger partial charge in [0.1, 0.15) is 0 Å². The predicted octanol–water partition coefficient (Wildman–Crippen LogP) is 1.88. The van der Waals surface area contributed by atoms with Gasteiger partial charge >= 0.3 is 0 Å². The fraction of sp³-hybridized carbons (Fsp3) is 0.500. The number of primary amides is 1. The number of nitrogens with one attached hydrogen (secondary N) is 1. The van der Waals surface area contributed by atoms with Crippen LogP contribution >= 0.6 is 11.8 Å². The summed E-state index contributed by atoms with van der Waals surface area (Å²) in [5.74, 6) is -0.438. The van der Waals surface area contributed by atoms with Crippen molar-refractivity contribution < 1.29 is 4.79 Å². The van der Waals surface area contributed by atoms with E-state index in [-0.39, 0.29) is 0 Å². The maximum atomic E-state index is 11.2. The molecule has 0 radical (unpaired) electrons. The Balaban J connectivity index is 2.06. The number of nitrogens with two attached hydrogens (primary N) is 1. The van der Waals surface area contributed by atoms with Gasteiger partial charge < -0.3 is 11.1 Å². The van der Waals surface area contributed by atoms with Crippen molar-refractivity contribution in [1.29, 1.82) is 0 Å². The molecule has 5 heteroatoms. The standard InChI is InChI=1S/C12H17N3OS/c1-17-12(4-2-5-12)8-15-10-3-6-14-7-9(10)11(13)16/h3,6-7H,2,4-5,8H2,1H3,(H2,13,16)(H,14,15). The first kappa shape index (κ1) is 12.2. The van der Waals surface area contributed by atoms with Crippen LogP contribution in [0.2, 0.25) is 0 Å². The van der Waals surface area contributed by atoms with Crippen LogP contribution < -0.4 is 11.1 Å². The van der Waals surface area contributed by atoms with Gasteiger partial charge in [0, 0.05) is 23.7 Å². The number of amides is 1. The van der Waals surface area contributed by atoms with Crippen LogP contribution in [0.4, 0.5) is 5.69 Å². The zero-order valence-corrected chi connectivity index (χ0v) is 10.7. The molecule has 17 heavy (non-hydrogen) atoms.